The quantitative estimate of drug-likeness (QED) is 0.317. The number of hydrogen-bond acceptors (Lipinski definition) is 5. The number of hydrogen-bond donors (Lipinski definition) is 2. The Morgan fingerprint density at radius 1 is 0.938 bits per heavy atom. The predicted molar refractivity (Wildman–Crippen MR) is 130 cm³/mol. The number of para-hydroxylation sites is 1. The van der Waals surface area contributed by atoms with Crippen LogP contribution in [0.3, 0.4) is 0 Å². The van der Waals surface area contributed by atoms with Gasteiger partial charge in [0.15, 0.2) is 5.78 Å². The average Bonchev–Trinajstić information content (AvgIpc) is 2.98. The highest BCUT2D eigenvalue weighted by Crippen LogP contribution is 2.36. The molecule has 0 spiro atoms. The molecule has 4 aromatic rings. The summed E-state index contributed by atoms with van der Waals surface area (Å²) in [5.41, 5.74) is 10.7. The Kier molecular flexibility index (Phi) is 5.45. The highest BCUT2D eigenvalue weighted by Gasteiger charge is 2.22. The number of thiophene rings is 1. The number of nitrogens with one attached hydrogen (secondary N) is 1. The number of carbonyl (C=O) groups excluding carboxylic acids is 2. The first-order valence-corrected chi connectivity index (χ1v) is 11.6. The summed E-state index contributed by atoms with van der Waals surface area (Å²) >= 11 is 1.31. The van der Waals surface area contributed by atoms with Gasteiger partial charge in [-0.15, -0.1) is 11.3 Å². The number of anilines is 2. The minimum atomic E-state index is -0.325. The van der Waals surface area contributed by atoms with E-state index in [-0.39, 0.29) is 11.7 Å². The van der Waals surface area contributed by atoms with Gasteiger partial charge < -0.3 is 11.1 Å². The molecule has 2 aromatic heterocycles. The van der Waals surface area contributed by atoms with Gasteiger partial charge in [-0.25, -0.2) is 4.98 Å². The lowest BCUT2D eigenvalue weighted by molar-refractivity contribution is 0.103. The van der Waals surface area contributed by atoms with Crippen molar-refractivity contribution in [2.45, 2.75) is 32.1 Å². The molecule has 5 rings (SSSR count). The third-order valence-corrected chi connectivity index (χ3v) is 7.03. The molecule has 0 bridgehead atoms. The zero-order valence-corrected chi connectivity index (χ0v) is 18.4. The van der Waals surface area contributed by atoms with Crippen molar-refractivity contribution in [3.05, 3.63) is 87.9 Å². The molecule has 160 valence electrons. The molecule has 2 aromatic carbocycles. The number of aryl methyl sites for hydroxylation is 2. The molecule has 3 N–H and O–H groups in total. The van der Waals surface area contributed by atoms with Crippen molar-refractivity contribution in [3.8, 4) is 0 Å². The summed E-state index contributed by atoms with van der Waals surface area (Å²) < 4.78 is 0. The van der Waals surface area contributed by atoms with Crippen LogP contribution in [0.25, 0.3) is 10.2 Å². The van der Waals surface area contributed by atoms with Crippen molar-refractivity contribution in [1.82, 2.24) is 4.98 Å². The van der Waals surface area contributed by atoms with E-state index in [1.165, 1.54) is 23.3 Å². The molecule has 0 aliphatic heterocycles. The monoisotopic (exact) mass is 441 g/mol. The van der Waals surface area contributed by atoms with E-state index in [4.69, 9.17) is 10.7 Å². The molecule has 0 atom stereocenters. The normalized spacial score (nSPS) is 13.4. The van der Waals surface area contributed by atoms with Crippen LogP contribution in [0, 0.1) is 0 Å². The van der Waals surface area contributed by atoms with Crippen molar-refractivity contribution in [1.29, 1.82) is 0 Å². The number of ketones is 1. The minimum absolute atomic E-state index is 0.142. The Morgan fingerprint density at radius 3 is 2.53 bits per heavy atom. The number of rotatable bonds is 4. The topological polar surface area (TPSA) is 85.1 Å². The van der Waals surface area contributed by atoms with Gasteiger partial charge in [-0.3, -0.25) is 9.59 Å². The largest absolute Gasteiger partial charge is 0.397 e. The fraction of sp³-hybridized carbons (Fsp3) is 0.192. The van der Waals surface area contributed by atoms with E-state index in [1.54, 1.807) is 36.4 Å². The Hall–Kier alpha value is -3.51. The molecular formula is C26H23N3O2S. The van der Waals surface area contributed by atoms with E-state index < -0.39 is 0 Å². The SMILES string of the molecule is Nc1c(C(=O)Nc2ccccc2C(=O)c2ccccc2)sc2nc3c(cc12)CCCCC3. The van der Waals surface area contributed by atoms with Crippen LogP contribution >= 0.6 is 11.3 Å². The number of nitrogens with zero attached hydrogens (tertiary/aromatic N) is 1. The summed E-state index contributed by atoms with van der Waals surface area (Å²) in [6, 6.07) is 18.2. The molecule has 32 heavy (non-hydrogen) atoms. The van der Waals surface area contributed by atoms with Crippen molar-refractivity contribution in [2.75, 3.05) is 11.1 Å². The molecule has 0 radical (unpaired) electrons. The number of carbonyl (C=O) groups is 2. The second-order valence-electron chi connectivity index (χ2n) is 8.05. The zero-order chi connectivity index (χ0) is 22.1. The van der Waals surface area contributed by atoms with Crippen LogP contribution in [0.2, 0.25) is 0 Å². The molecule has 1 amide bonds. The summed E-state index contributed by atoms with van der Waals surface area (Å²) in [5, 5.41) is 3.74. The van der Waals surface area contributed by atoms with E-state index in [2.05, 4.69) is 11.4 Å². The lowest BCUT2D eigenvalue weighted by Gasteiger charge is -2.10. The van der Waals surface area contributed by atoms with Crippen LogP contribution in [0.5, 0.6) is 0 Å². The van der Waals surface area contributed by atoms with Crippen LogP contribution in [-0.4, -0.2) is 16.7 Å². The van der Waals surface area contributed by atoms with Crippen LogP contribution in [0.4, 0.5) is 11.4 Å². The third-order valence-electron chi connectivity index (χ3n) is 5.91. The number of nitrogens with two attached hydrogens (primary N) is 1. The summed E-state index contributed by atoms with van der Waals surface area (Å²) in [6.07, 6.45) is 5.49. The van der Waals surface area contributed by atoms with E-state index in [9.17, 15) is 9.59 Å². The van der Waals surface area contributed by atoms with Crippen molar-refractivity contribution < 1.29 is 9.59 Å². The molecule has 5 nitrogen and oxygen atoms in total. The molecule has 0 unspecified atom stereocenters. The number of fused-ring (bicyclic) bond motifs is 2. The first-order valence-electron chi connectivity index (χ1n) is 10.8. The highest BCUT2D eigenvalue weighted by molar-refractivity contribution is 7.21. The van der Waals surface area contributed by atoms with Crippen LogP contribution < -0.4 is 11.1 Å². The molecule has 0 fully saturated rings. The van der Waals surface area contributed by atoms with Gasteiger partial charge in [0.1, 0.15) is 9.71 Å². The van der Waals surface area contributed by atoms with Crippen molar-refractivity contribution in [3.63, 3.8) is 0 Å². The van der Waals surface area contributed by atoms with Gasteiger partial charge in [-0.1, -0.05) is 48.9 Å². The minimum Gasteiger partial charge on any atom is -0.397 e. The molecule has 1 aliphatic rings. The zero-order valence-electron chi connectivity index (χ0n) is 17.6. The highest BCUT2D eigenvalue weighted by atomic mass is 32.1. The number of aromatic nitrogens is 1. The Labute approximate surface area is 190 Å². The molecule has 0 saturated heterocycles. The third kappa shape index (κ3) is 3.78. The van der Waals surface area contributed by atoms with Crippen molar-refractivity contribution >= 4 is 44.6 Å². The van der Waals surface area contributed by atoms with Gasteiger partial charge in [-0.2, -0.15) is 0 Å². The standard InChI is InChI=1S/C26H23N3O2S/c27-22-19-15-17-11-5-2-6-13-20(17)29-26(19)32-24(22)25(31)28-21-14-8-7-12-18(21)23(30)16-9-3-1-4-10-16/h1,3-4,7-10,12,14-15H,2,5-6,11,13,27H2,(H,28,31). The van der Waals surface area contributed by atoms with Crippen molar-refractivity contribution in [2.24, 2.45) is 0 Å². The second-order valence-corrected chi connectivity index (χ2v) is 9.05. The molecule has 2 heterocycles. The predicted octanol–water partition coefficient (Wildman–Crippen LogP) is 5.63. The first-order chi connectivity index (χ1) is 15.6. The lowest BCUT2D eigenvalue weighted by atomic mass is 10.0. The molecule has 1 aliphatic carbocycles. The van der Waals surface area contributed by atoms with E-state index in [1.807, 2.05) is 18.2 Å². The number of nitrogen functional groups attached to an aromatic ring is 1. The summed E-state index contributed by atoms with van der Waals surface area (Å²) in [4.78, 5) is 32.2. The fourth-order valence-electron chi connectivity index (χ4n) is 4.22. The molecule has 0 saturated carbocycles. The lowest BCUT2D eigenvalue weighted by Crippen LogP contribution is -2.15. The smallest absolute Gasteiger partial charge is 0.267 e. The van der Waals surface area contributed by atoms with E-state index >= 15 is 0 Å². The summed E-state index contributed by atoms with van der Waals surface area (Å²) in [7, 11) is 0. The molecular weight excluding hydrogens is 418 g/mol. The Morgan fingerprint density at radius 2 is 1.69 bits per heavy atom. The maximum atomic E-state index is 13.2. The second kappa shape index (κ2) is 8.55. The fourth-order valence-corrected chi connectivity index (χ4v) is 5.21. The number of pyridine rings is 1. The summed E-state index contributed by atoms with van der Waals surface area (Å²) in [6.45, 7) is 0. The Bertz CT molecular complexity index is 1330. The van der Waals surface area contributed by atoms with E-state index in [0.717, 1.165) is 41.6 Å². The van der Waals surface area contributed by atoms with Crippen LogP contribution in [-0.2, 0) is 12.8 Å². The first kappa shape index (κ1) is 20.4. The van der Waals surface area contributed by atoms with Gasteiger partial charge in [0.2, 0.25) is 0 Å². The van der Waals surface area contributed by atoms with Gasteiger partial charge in [0, 0.05) is 22.2 Å². The van der Waals surface area contributed by atoms with Gasteiger partial charge in [0.05, 0.1) is 11.4 Å². The number of benzene rings is 2. The summed E-state index contributed by atoms with van der Waals surface area (Å²) in [5.74, 6) is -0.467. The van der Waals surface area contributed by atoms with E-state index in [0.29, 0.717) is 27.4 Å². The van der Waals surface area contributed by atoms with Gasteiger partial charge in [0.25, 0.3) is 5.91 Å². The average molecular weight is 442 g/mol. The van der Waals surface area contributed by atoms with Crippen LogP contribution in [0.15, 0.2) is 60.7 Å². The maximum absolute atomic E-state index is 13.2. The van der Waals surface area contributed by atoms with Gasteiger partial charge in [-0.05, 0) is 49.4 Å². The number of amides is 1. The van der Waals surface area contributed by atoms with Gasteiger partial charge >= 0.3 is 0 Å². The van der Waals surface area contributed by atoms with Crippen LogP contribution in [0.1, 0.15) is 56.1 Å². The Balaban J connectivity index is 1.47. The maximum Gasteiger partial charge on any atom is 0.267 e. The molecule has 6 heteroatoms.